The molecule has 1 aromatic rings. The van der Waals surface area contributed by atoms with Gasteiger partial charge in [-0.25, -0.2) is 0 Å². The van der Waals surface area contributed by atoms with Gasteiger partial charge >= 0.3 is 11.9 Å². The van der Waals surface area contributed by atoms with E-state index in [4.69, 9.17) is 16.3 Å². The van der Waals surface area contributed by atoms with Crippen LogP contribution in [0.5, 0.6) is 0 Å². The maximum Gasteiger partial charge on any atom is 0.310 e. The molecule has 0 bridgehead atoms. The van der Waals surface area contributed by atoms with Crippen molar-refractivity contribution in [2.75, 3.05) is 0 Å². The Balaban J connectivity index is 1.18. The molecule has 7 rings (SSSR count). The number of ether oxygens (including phenoxy) is 1. The SMILES string of the molecule is CC(C)C1=C2[C@H]3CC[C@@H]4[C@]5(C)CC[C@H]([C@@]6(C(=O)O)C[C@@H](C(=O)OCc7ccccc7)C6(C)C)C(C)(C)[C@H]5CC[C@@]4(C)[C@]3(C)CC[C@@]2(C(=O)Cl)CC1=O. The fourth-order valence-electron chi connectivity index (χ4n) is 15.1. The van der Waals surface area contributed by atoms with Gasteiger partial charge in [0.25, 0.3) is 0 Å². The summed E-state index contributed by atoms with van der Waals surface area (Å²) in [6.07, 6.45) is 7.89. The van der Waals surface area contributed by atoms with E-state index in [0.717, 1.165) is 61.7 Å². The van der Waals surface area contributed by atoms with E-state index in [1.54, 1.807) is 0 Å². The van der Waals surface area contributed by atoms with Gasteiger partial charge in [0, 0.05) is 6.42 Å². The number of allylic oxidation sites excluding steroid dienone is 2. The first kappa shape index (κ1) is 37.8. The van der Waals surface area contributed by atoms with E-state index < -0.39 is 28.1 Å². The second kappa shape index (κ2) is 12.0. The number of hydrogen-bond donors (Lipinski definition) is 1. The summed E-state index contributed by atoms with van der Waals surface area (Å²) in [4.78, 5) is 54.0. The molecule has 284 valence electrons. The molecule has 0 spiro atoms. The average molecular weight is 733 g/mol. The highest BCUT2D eigenvalue weighted by Crippen LogP contribution is 2.79. The normalized spacial score (nSPS) is 43.1. The highest BCUT2D eigenvalue weighted by atomic mass is 35.5. The third-order valence-electron chi connectivity index (χ3n) is 17.9. The van der Waals surface area contributed by atoms with Crippen LogP contribution in [0.15, 0.2) is 41.5 Å². The van der Waals surface area contributed by atoms with Crippen LogP contribution in [-0.4, -0.2) is 28.1 Å². The average Bonchev–Trinajstić information content (AvgIpc) is 3.38. The van der Waals surface area contributed by atoms with Crippen LogP contribution in [0.1, 0.15) is 132 Å². The van der Waals surface area contributed by atoms with Crippen molar-refractivity contribution in [3.05, 3.63) is 47.0 Å². The molecule has 0 amide bonds. The van der Waals surface area contributed by atoms with Crippen LogP contribution in [-0.2, 0) is 30.5 Å². The summed E-state index contributed by atoms with van der Waals surface area (Å²) in [7, 11) is 0. The second-order valence-corrected chi connectivity index (χ2v) is 20.7. The molecule has 0 saturated heterocycles. The highest BCUT2D eigenvalue weighted by molar-refractivity contribution is 6.65. The Morgan fingerprint density at radius 3 is 2.10 bits per heavy atom. The molecule has 0 aromatic heterocycles. The minimum absolute atomic E-state index is 0.000162. The number of carbonyl (C=O) groups is 4. The van der Waals surface area contributed by atoms with Crippen molar-refractivity contribution in [2.45, 2.75) is 133 Å². The van der Waals surface area contributed by atoms with Gasteiger partial charge in [-0.15, -0.1) is 0 Å². The number of benzene rings is 1. The zero-order chi connectivity index (χ0) is 38.0. The van der Waals surface area contributed by atoms with Crippen LogP contribution in [0.4, 0.5) is 0 Å². The van der Waals surface area contributed by atoms with Crippen LogP contribution in [0.2, 0.25) is 0 Å². The van der Waals surface area contributed by atoms with E-state index >= 15 is 0 Å². The minimum Gasteiger partial charge on any atom is -0.481 e. The lowest BCUT2D eigenvalue weighted by atomic mass is 9.29. The summed E-state index contributed by atoms with van der Waals surface area (Å²) in [6.45, 7) is 20.5. The maximum absolute atomic E-state index is 13.6. The third-order valence-corrected chi connectivity index (χ3v) is 18.2. The molecule has 6 aliphatic rings. The molecule has 0 heterocycles. The molecule has 1 aromatic carbocycles. The zero-order valence-corrected chi connectivity index (χ0v) is 33.8. The number of Topliss-reactive ketones (excluding diaryl/α,β-unsaturated/α-hetero) is 1. The molecule has 5 fully saturated rings. The first-order chi connectivity index (χ1) is 24.2. The number of halogens is 1. The first-order valence-corrected chi connectivity index (χ1v) is 20.5. The van der Waals surface area contributed by atoms with E-state index in [-0.39, 0.29) is 69.4 Å². The number of ketones is 1. The topological polar surface area (TPSA) is 97.7 Å². The third kappa shape index (κ3) is 4.66. The molecule has 52 heavy (non-hydrogen) atoms. The predicted octanol–water partition coefficient (Wildman–Crippen LogP) is 10.2. The van der Waals surface area contributed by atoms with E-state index in [0.29, 0.717) is 24.7 Å². The Morgan fingerprint density at radius 1 is 0.846 bits per heavy atom. The quantitative estimate of drug-likeness (QED) is 0.221. The summed E-state index contributed by atoms with van der Waals surface area (Å²) in [6, 6.07) is 9.64. The summed E-state index contributed by atoms with van der Waals surface area (Å²) >= 11 is 6.46. The fourth-order valence-corrected chi connectivity index (χ4v) is 15.3. The number of fused-ring (bicyclic) bond motifs is 7. The number of aliphatic carboxylic acids is 1. The van der Waals surface area contributed by atoms with Crippen molar-refractivity contribution >= 4 is 34.6 Å². The highest BCUT2D eigenvalue weighted by Gasteiger charge is 2.76. The molecular formula is C45H61ClO6. The molecule has 0 radical (unpaired) electrons. The lowest BCUT2D eigenvalue weighted by Gasteiger charge is -2.74. The number of esters is 1. The van der Waals surface area contributed by atoms with Gasteiger partial charge in [-0.05, 0) is 143 Å². The number of carbonyl (C=O) groups excluding carboxylic acids is 3. The Labute approximate surface area is 316 Å². The molecule has 6 nitrogen and oxygen atoms in total. The zero-order valence-electron chi connectivity index (χ0n) is 33.0. The summed E-state index contributed by atoms with van der Waals surface area (Å²) < 4.78 is 5.80. The molecular weight excluding hydrogens is 672 g/mol. The summed E-state index contributed by atoms with van der Waals surface area (Å²) in [5.41, 5.74) is -0.0703. The molecule has 0 aliphatic heterocycles. The van der Waals surface area contributed by atoms with Crippen LogP contribution < -0.4 is 0 Å². The Bertz CT molecular complexity index is 1730. The van der Waals surface area contributed by atoms with Gasteiger partial charge < -0.3 is 9.84 Å². The minimum atomic E-state index is -1.02. The summed E-state index contributed by atoms with van der Waals surface area (Å²) in [5.74, 6) is -0.517. The van der Waals surface area contributed by atoms with Crippen molar-refractivity contribution in [3.8, 4) is 0 Å². The van der Waals surface area contributed by atoms with Gasteiger partial charge in [0.1, 0.15) is 6.61 Å². The van der Waals surface area contributed by atoms with Gasteiger partial charge in [-0.1, -0.05) is 92.6 Å². The molecule has 6 aliphatic carbocycles. The van der Waals surface area contributed by atoms with Gasteiger partial charge in [0.2, 0.25) is 5.24 Å². The lowest BCUT2D eigenvalue weighted by molar-refractivity contribution is -0.261. The molecule has 1 N–H and O–H groups in total. The largest absolute Gasteiger partial charge is 0.481 e. The number of carboxylic acid groups (broad SMARTS) is 1. The van der Waals surface area contributed by atoms with Crippen LogP contribution in [0, 0.1) is 73.4 Å². The number of hydrogen-bond acceptors (Lipinski definition) is 5. The van der Waals surface area contributed by atoms with E-state index in [1.165, 1.54) is 0 Å². The smallest absolute Gasteiger partial charge is 0.310 e. The lowest BCUT2D eigenvalue weighted by Crippen LogP contribution is -2.71. The standard InChI is InChI=1S/C45H61ClO6/c1-26(2)34-30(47)24-44(37(46)49)22-21-42(8)28(35(34)44)15-16-33-41(7)19-17-32(39(3,4)31(41)18-20-43(33,42)9)45(38(50)51)23-29(40(45,5)6)36(48)52-25-27-13-11-10-12-14-27/h10-14,26,28-29,31-33H,15-25H2,1-9H3,(H,50,51)/t28-,29+,31-,32+,33-,41-,42-,43-,44-,45-/m1/s1. The first-order valence-electron chi connectivity index (χ1n) is 20.1. The van der Waals surface area contributed by atoms with E-state index in [9.17, 15) is 24.3 Å². The fraction of sp³-hybridized carbons (Fsp3) is 0.733. The Kier molecular flexibility index (Phi) is 8.74. The van der Waals surface area contributed by atoms with Crippen molar-refractivity contribution in [3.63, 3.8) is 0 Å². The predicted molar refractivity (Wildman–Crippen MR) is 202 cm³/mol. The Morgan fingerprint density at radius 2 is 1.50 bits per heavy atom. The summed E-state index contributed by atoms with van der Waals surface area (Å²) in [5, 5.41) is 10.8. The van der Waals surface area contributed by atoms with Gasteiger partial charge in [-0.3, -0.25) is 19.2 Å². The van der Waals surface area contributed by atoms with E-state index in [1.807, 2.05) is 44.2 Å². The van der Waals surface area contributed by atoms with Crippen molar-refractivity contribution in [2.24, 2.45) is 73.4 Å². The van der Waals surface area contributed by atoms with E-state index in [2.05, 4.69) is 48.5 Å². The maximum atomic E-state index is 13.6. The van der Waals surface area contributed by atoms with Gasteiger partial charge in [0.15, 0.2) is 5.78 Å². The van der Waals surface area contributed by atoms with Crippen molar-refractivity contribution < 1.29 is 29.0 Å². The molecule has 5 saturated carbocycles. The van der Waals surface area contributed by atoms with Crippen molar-refractivity contribution in [1.82, 2.24) is 0 Å². The molecule has 0 unspecified atom stereocenters. The van der Waals surface area contributed by atoms with Crippen molar-refractivity contribution in [1.29, 1.82) is 0 Å². The number of rotatable bonds is 7. The van der Waals surface area contributed by atoms with Crippen LogP contribution in [0.25, 0.3) is 0 Å². The second-order valence-electron chi connectivity index (χ2n) is 20.3. The van der Waals surface area contributed by atoms with Crippen LogP contribution >= 0.6 is 11.6 Å². The van der Waals surface area contributed by atoms with Gasteiger partial charge in [0.05, 0.1) is 16.7 Å². The Hall–Kier alpha value is -2.47. The molecule has 7 heteroatoms. The van der Waals surface area contributed by atoms with Crippen LogP contribution in [0.3, 0.4) is 0 Å². The monoisotopic (exact) mass is 732 g/mol. The van der Waals surface area contributed by atoms with Gasteiger partial charge in [-0.2, -0.15) is 0 Å². The number of carboxylic acids is 1. The molecule has 10 atom stereocenters.